The van der Waals surface area contributed by atoms with Crippen molar-refractivity contribution in [2.24, 2.45) is 5.92 Å². The summed E-state index contributed by atoms with van der Waals surface area (Å²) in [4.78, 5) is 23.5. The van der Waals surface area contributed by atoms with Crippen molar-refractivity contribution in [2.75, 3.05) is 20.2 Å². The van der Waals surface area contributed by atoms with Crippen molar-refractivity contribution >= 4 is 22.4 Å². The summed E-state index contributed by atoms with van der Waals surface area (Å²) < 4.78 is 39.2. The standard InChI is InChI=1S/C29H42N2O7S/c1-22(10-9-19-32)17-18-31(39(35,36)25-15-13-24(37-5)14-16-25)21-27(33)26(20-23-11-7-6-8-12-23)30-28(34)38-29(2,3)4/h6-8,11-16,19,22,26-27,33H,9-10,17-18,20-21H2,1-5H3,(H,30,34)/t22?,26-,27+/m0/s1. The molecule has 0 aliphatic carbocycles. The Labute approximate surface area is 232 Å². The minimum absolute atomic E-state index is 0.0655. The van der Waals surface area contributed by atoms with Gasteiger partial charge in [-0.3, -0.25) is 0 Å². The summed E-state index contributed by atoms with van der Waals surface area (Å²) in [7, 11) is -2.50. The predicted octanol–water partition coefficient (Wildman–Crippen LogP) is 4.19. The molecule has 0 radical (unpaired) electrons. The van der Waals surface area contributed by atoms with Crippen LogP contribution in [0.1, 0.15) is 52.5 Å². The SMILES string of the molecule is COc1ccc(S(=O)(=O)N(CCC(C)CCC=O)C[C@@H](O)[C@H](Cc2ccccc2)NC(=O)OC(C)(C)C)cc1. The van der Waals surface area contributed by atoms with E-state index in [4.69, 9.17) is 9.47 Å². The van der Waals surface area contributed by atoms with Gasteiger partial charge in [-0.2, -0.15) is 4.31 Å². The van der Waals surface area contributed by atoms with Crippen LogP contribution in [0.25, 0.3) is 0 Å². The van der Waals surface area contributed by atoms with Gasteiger partial charge in [0.1, 0.15) is 17.6 Å². The van der Waals surface area contributed by atoms with Crippen LogP contribution in [0.3, 0.4) is 0 Å². The maximum absolute atomic E-state index is 13.7. The van der Waals surface area contributed by atoms with Gasteiger partial charge >= 0.3 is 6.09 Å². The van der Waals surface area contributed by atoms with Gasteiger partial charge in [0.2, 0.25) is 10.0 Å². The average Bonchev–Trinajstić information content (AvgIpc) is 2.88. The molecule has 2 aromatic rings. The molecule has 1 unspecified atom stereocenters. The molecule has 1 amide bonds. The second kappa shape index (κ2) is 15.0. The largest absolute Gasteiger partial charge is 0.497 e. The number of hydrogen-bond donors (Lipinski definition) is 2. The highest BCUT2D eigenvalue weighted by molar-refractivity contribution is 7.89. The Kier molecular flexibility index (Phi) is 12.4. The molecule has 0 bridgehead atoms. The molecule has 0 aromatic heterocycles. The summed E-state index contributed by atoms with van der Waals surface area (Å²) in [6.07, 6.45) is 0.716. The average molecular weight is 563 g/mol. The van der Waals surface area contributed by atoms with Crippen LogP contribution in [0, 0.1) is 5.92 Å². The maximum atomic E-state index is 13.7. The van der Waals surface area contributed by atoms with Crippen LogP contribution in [0.4, 0.5) is 4.79 Å². The minimum atomic E-state index is -4.00. The zero-order valence-electron chi connectivity index (χ0n) is 23.5. The molecule has 0 aliphatic heterocycles. The van der Waals surface area contributed by atoms with Crippen molar-refractivity contribution < 1.29 is 32.6 Å². The van der Waals surface area contributed by atoms with Crippen molar-refractivity contribution in [3.63, 3.8) is 0 Å². The van der Waals surface area contributed by atoms with E-state index >= 15 is 0 Å². The Hall–Kier alpha value is -2.95. The molecule has 0 spiro atoms. The van der Waals surface area contributed by atoms with Crippen molar-refractivity contribution in [1.29, 1.82) is 0 Å². The lowest BCUT2D eigenvalue weighted by Gasteiger charge is -2.31. The summed E-state index contributed by atoms with van der Waals surface area (Å²) in [6.45, 7) is 7.07. The van der Waals surface area contributed by atoms with Crippen LogP contribution in [-0.2, 0) is 26.0 Å². The molecule has 0 fully saturated rings. The van der Waals surface area contributed by atoms with Gasteiger partial charge < -0.3 is 24.7 Å². The highest BCUT2D eigenvalue weighted by Gasteiger charge is 2.32. The quantitative estimate of drug-likeness (QED) is 0.312. The summed E-state index contributed by atoms with van der Waals surface area (Å²) >= 11 is 0. The van der Waals surface area contributed by atoms with Crippen molar-refractivity contribution in [3.8, 4) is 5.75 Å². The van der Waals surface area contributed by atoms with E-state index in [-0.39, 0.29) is 30.3 Å². The van der Waals surface area contributed by atoms with Gasteiger partial charge in [0.05, 0.1) is 24.2 Å². The molecule has 0 aliphatic rings. The van der Waals surface area contributed by atoms with Gasteiger partial charge in [0.25, 0.3) is 0 Å². The van der Waals surface area contributed by atoms with E-state index in [1.165, 1.54) is 23.5 Å². The lowest BCUT2D eigenvalue weighted by Crippen LogP contribution is -2.51. The number of carbonyl (C=O) groups excluding carboxylic acids is 2. The fraction of sp³-hybridized carbons (Fsp3) is 0.517. The Balaban J connectivity index is 2.33. The van der Waals surface area contributed by atoms with Gasteiger partial charge in [-0.1, -0.05) is 37.3 Å². The maximum Gasteiger partial charge on any atom is 0.407 e. The Morgan fingerprint density at radius 3 is 2.28 bits per heavy atom. The van der Waals surface area contributed by atoms with Crippen LogP contribution in [-0.4, -0.2) is 68.2 Å². The third-order valence-corrected chi connectivity index (χ3v) is 8.08. The van der Waals surface area contributed by atoms with Gasteiger partial charge in [-0.25, -0.2) is 13.2 Å². The first-order chi connectivity index (χ1) is 18.4. The number of nitrogens with one attached hydrogen (secondary N) is 1. The van der Waals surface area contributed by atoms with E-state index in [0.717, 1.165) is 11.8 Å². The molecule has 2 rings (SSSR count). The van der Waals surface area contributed by atoms with Crippen molar-refractivity contribution in [3.05, 3.63) is 60.2 Å². The number of amides is 1. The number of benzene rings is 2. The molecular formula is C29H42N2O7S. The van der Waals surface area contributed by atoms with Crippen LogP contribution in [0.5, 0.6) is 5.75 Å². The molecule has 2 N–H and O–H groups in total. The highest BCUT2D eigenvalue weighted by Crippen LogP contribution is 2.22. The third-order valence-electron chi connectivity index (χ3n) is 6.20. The molecule has 0 heterocycles. The Bertz CT molecular complexity index is 1130. The number of alkyl carbamates (subject to hydrolysis) is 1. The third kappa shape index (κ3) is 11.0. The fourth-order valence-corrected chi connectivity index (χ4v) is 5.49. The number of hydrogen-bond acceptors (Lipinski definition) is 7. The summed E-state index contributed by atoms with van der Waals surface area (Å²) in [6, 6.07) is 14.6. The van der Waals surface area contributed by atoms with Crippen molar-refractivity contribution in [2.45, 2.75) is 76.0 Å². The fourth-order valence-electron chi connectivity index (χ4n) is 4.01. The number of aliphatic hydroxyl groups excluding tert-OH is 1. The number of aliphatic hydroxyl groups is 1. The van der Waals surface area contributed by atoms with E-state index in [2.05, 4.69) is 5.32 Å². The van der Waals surface area contributed by atoms with E-state index in [1.807, 2.05) is 37.3 Å². The van der Waals surface area contributed by atoms with E-state index in [9.17, 15) is 23.1 Å². The zero-order valence-corrected chi connectivity index (χ0v) is 24.3. The molecule has 3 atom stereocenters. The number of carbonyl (C=O) groups is 2. The number of sulfonamides is 1. The van der Waals surface area contributed by atoms with Crippen molar-refractivity contribution in [1.82, 2.24) is 9.62 Å². The molecule has 2 aromatic carbocycles. The van der Waals surface area contributed by atoms with Gasteiger partial charge in [-0.15, -0.1) is 0 Å². The molecule has 9 nitrogen and oxygen atoms in total. The van der Waals surface area contributed by atoms with Crippen LogP contribution < -0.4 is 10.1 Å². The van der Waals surface area contributed by atoms with E-state index in [1.54, 1.807) is 32.9 Å². The first-order valence-electron chi connectivity index (χ1n) is 13.1. The Morgan fingerprint density at radius 1 is 1.08 bits per heavy atom. The van der Waals surface area contributed by atoms with Crippen LogP contribution in [0.2, 0.25) is 0 Å². The van der Waals surface area contributed by atoms with E-state index in [0.29, 0.717) is 25.0 Å². The molecule has 10 heteroatoms. The molecular weight excluding hydrogens is 520 g/mol. The minimum Gasteiger partial charge on any atom is -0.497 e. The number of nitrogens with zero attached hydrogens (tertiary/aromatic N) is 1. The van der Waals surface area contributed by atoms with Gasteiger partial charge in [0, 0.05) is 19.5 Å². The molecule has 0 saturated carbocycles. The number of rotatable bonds is 15. The monoisotopic (exact) mass is 562 g/mol. The molecule has 216 valence electrons. The second-order valence-electron chi connectivity index (χ2n) is 10.7. The first-order valence-corrected chi connectivity index (χ1v) is 14.6. The number of ether oxygens (including phenoxy) is 2. The van der Waals surface area contributed by atoms with Crippen LogP contribution >= 0.6 is 0 Å². The van der Waals surface area contributed by atoms with E-state index < -0.39 is 33.9 Å². The summed E-state index contributed by atoms with van der Waals surface area (Å²) in [5.74, 6) is 0.619. The molecule has 0 saturated heterocycles. The highest BCUT2D eigenvalue weighted by atomic mass is 32.2. The molecule has 39 heavy (non-hydrogen) atoms. The van der Waals surface area contributed by atoms with Gasteiger partial charge in [-0.05, 0) is 75.8 Å². The smallest absolute Gasteiger partial charge is 0.407 e. The first kappa shape index (κ1) is 32.3. The van der Waals surface area contributed by atoms with Gasteiger partial charge in [0.15, 0.2) is 0 Å². The number of aldehydes is 1. The lowest BCUT2D eigenvalue weighted by atomic mass is 10.0. The topological polar surface area (TPSA) is 122 Å². The second-order valence-corrected chi connectivity index (χ2v) is 12.6. The van der Waals surface area contributed by atoms with Crippen LogP contribution in [0.15, 0.2) is 59.5 Å². The predicted molar refractivity (Wildman–Crippen MR) is 150 cm³/mol. The summed E-state index contributed by atoms with van der Waals surface area (Å²) in [5, 5.41) is 14.1. The normalized spacial score (nSPS) is 14.3. The number of methoxy groups -OCH3 is 1. The lowest BCUT2D eigenvalue weighted by molar-refractivity contribution is -0.108. The Morgan fingerprint density at radius 2 is 1.72 bits per heavy atom. The zero-order chi connectivity index (χ0) is 29.1. The summed E-state index contributed by atoms with van der Waals surface area (Å²) in [5.41, 5.74) is 0.123.